The predicted octanol–water partition coefficient (Wildman–Crippen LogP) is 2.38. The van der Waals surface area contributed by atoms with Crippen LogP contribution in [-0.2, 0) is 0 Å². The van der Waals surface area contributed by atoms with E-state index in [1.807, 2.05) is 30.4 Å². The second-order valence-electron chi connectivity index (χ2n) is 3.55. The molecule has 2 N–H and O–H groups in total. The summed E-state index contributed by atoms with van der Waals surface area (Å²) in [4.78, 5) is 13.9. The summed E-state index contributed by atoms with van der Waals surface area (Å²) in [6.45, 7) is 0.139. The molecule has 0 aliphatic heterocycles. The number of aliphatic hydroxyl groups excluding tert-OH is 1. The minimum absolute atomic E-state index is 0.139. The number of nitrogens with one attached hydrogen (secondary N) is 1. The number of carbonyl (C=O) groups excluding carboxylic acids is 1. The van der Waals surface area contributed by atoms with Crippen molar-refractivity contribution in [3.8, 4) is 0 Å². The van der Waals surface area contributed by atoms with Crippen molar-refractivity contribution < 1.29 is 9.90 Å². The summed E-state index contributed by atoms with van der Waals surface area (Å²) in [6.07, 6.45) is 7.01. The lowest BCUT2D eigenvalue weighted by Gasteiger charge is -1.97. The summed E-state index contributed by atoms with van der Waals surface area (Å²) < 4.78 is 0. The molecule has 16 heavy (non-hydrogen) atoms. The number of benzene rings is 1. The number of rotatable bonds is 4. The van der Waals surface area contributed by atoms with Crippen LogP contribution in [0.2, 0.25) is 0 Å². The van der Waals surface area contributed by atoms with E-state index in [0.717, 1.165) is 22.8 Å². The van der Waals surface area contributed by atoms with Crippen molar-refractivity contribution in [3.63, 3.8) is 0 Å². The van der Waals surface area contributed by atoms with Crippen molar-refractivity contribution in [1.29, 1.82) is 0 Å². The van der Waals surface area contributed by atoms with Crippen molar-refractivity contribution >= 4 is 23.3 Å². The van der Waals surface area contributed by atoms with Crippen LogP contribution in [0.1, 0.15) is 22.3 Å². The van der Waals surface area contributed by atoms with Gasteiger partial charge in [0.05, 0.1) is 0 Å². The molecule has 0 spiro atoms. The lowest BCUT2D eigenvalue weighted by atomic mass is 10.1. The molecule has 2 rings (SSSR count). The van der Waals surface area contributed by atoms with Gasteiger partial charge in [-0.25, -0.2) is 0 Å². The van der Waals surface area contributed by atoms with Gasteiger partial charge in [0.25, 0.3) is 0 Å². The molecular formula is C13H13NO2. The van der Waals surface area contributed by atoms with Crippen LogP contribution < -0.4 is 0 Å². The summed E-state index contributed by atoms with van der Waals surface area (Å²) in [5.41, 5.74) is 2.61. The number of aromatic nitrogens is 1. The molecule has 0 saturated carbocycles. The maximum atomic E-state index is 10.9. The first kappa shape index (κ1) is 10.6. The van der Waals surface area contributed by atoms with E-state index in [1.165, 1.54) is 0 Å². The van der Waals surface area contributed by atoms with Gasteiger partial charge in [-0.15, -0.1) is 0 Å². The van der Waals surface area contributed by atoms with E-state index in [9.17, 15) is 4.79 Å². The molecule has 82 valence electrons. The van der Waals surface area contributed by atoms with Crippen LogP contribution in [0.4, 0.5) is 0 Å². The largest absolute Gasteiger partial charge is 0.396 e. The zero-order chi connectivity index (χ0) is 11.4. The molecular weight excluding hydrogens is 202 g/mol. The van der Waals surface area contributed by atoms with Crippen LogP contribution in [0.5, 0.6) is 0 Å². The van der Waals surface area contributed by atoms with Crippen LogP contribution in [0.3, 0.4) is 0 Å². The summed E-state index contributed by atoms with van der Waals surface area (Å²) in [5.74, 6) is 0. The molecule has 0 radical (unpaired) electrons. The number of hydrogen-bond acceptors (Lipinski definition) is 2. The number of carbonyl (C=O) groups is 1. The van der Waals surface area contributed by atoms with Gasteiger partial charge in [0.1, 0.15) is 0 Å². The van der Waals surface area contributed by atoms with Crippen molar-refractivity contribution in [2.45, 2.75) is 6.42 Å². The van der Waals surface area contributed by atoms with Crippen LogP contribution in [-0.4, -0.2) is 23.0 Å². The van der Waals surface area contributed by atoms with Crippen LogP contribution in [0, 0.1) is 0 Å². The normalized spacial score (nSPS) is 11.3. The van der Waals surface area contributed by atoms with Crippen molar-refractivity contribution in [2.75, 3.05) is 6.61 Å². The smallest absolute Gasteiger partial charge is 0.152 e. The monoisotopic (exact) mass is 215 g/mol. The third kappa shape index (κ3) is 1.90. The Hall–Kier alpha value is -1.87. The Bertz CT molecular complexity index is 526. The molecule has 2 aromatic rings. The molecule has 0 bridgehead atoms. The van der Waals surface area contributed by atoms with E-state index < -0.39 is 0 Å². The van der Waals surface area contributed by atoms with E-state index in [4.69, 9.17) is 5.11 Å². The average molecular weight is 215 g/mol. The average Bonchev–Trinajstić information content (AvgIpc) is 2.73. The molecule has 3 nitrogen and oxygen atoms in total. The van der Waals surface area contributed by atoms with Gasteiger partial charge in [-0.2, -0.15) is 0 Å². The first-order valence-corrected chi connectivity index (χ1v) is 5.19. The fourth-order valence-electron chi connectivity index (χ4n) is 1.76. The molecule has 0 aliphatic carbocycles. The van der Waals surface area contributed by atoms with Gasteiger partial charge in [-0.05, 0) is 18.1 Å². The van der Waals surface area contributed by atoms with Gasteiger partial charge in [0.2, 0.25) is 0 Å². The Kier molecular flexibility index (Phi) is 3.17. The molecule has 0 fully saturated rings. The van der Waals surface area contributed by atoms with E-state index in [1.54, 1.807) is 6.20 Å². The van der Waals surface area contributed by atoms with Crippen molar-refractivity contribution in [3.05, 3.63) is 41.6 Å². The third-order valence-corrected chi connectivity index (χ3v) is 2.49. The van der Waals surface area contributed by atoms with Gasteiger partial charge in [0, 0.05) is 29.3 Å². The zero-order valence-corrected chi connectivity index (χ0v) is 8.81. The van der Waals surface area contributed by atoms with Gasteiger partial charge >= 0.3 is 0 Å². The minimum atomic E-state index is 0.139. The SMILES string of the molecule is O=Cc1c[nH]c2cccc(C=CCCO)c12. The molecule has 0 amide bonds. The van der Waals surface area contributed by atoms with Gasteiger partial charge in [-0.1, -0.05) is 24.3 Å². The summed E-state index contributed by atoms with van der Waals surface area (Å²) in [5, 5.41) is 9.64. The predicted molar refractivity (Wildman–Crippen MR) is 64.4 cm³/mol. The van der Waals surface area contributed by atoms with Crippen LogP contribution in [0.25, 0.3) is 17.0 Å². The van der Waals surface area contributed by atoms with E-state index in [0.29, 0.717) is 12.0 Å². The lowest BCUT2D eigenvalue weighted by Crippen LogP contribution is -1.81. The molecule has 0 unspecified atom stereocenters. The maximum Gasteiger partial charge on any atom is 0.152 e. The number of H-pyrrole nitrogens is 1. The Balaban J connectivity index is 2.51. The maximum absolute atomic E-state index is 10.9. The molecule has 0 atom stereocenters. The molecule has 0 saturated heterocycles. The quantitative estimate of drug-likeness (QED) is 0.769. The third-order valence-electron chi connectivity index (χ3n) is 2.49. The number of hydrogen-bond donors (Lipinski definition) is 2. The number of aromatic amines is 1. The second kappa shape index (κ2) is 4.77. The summed E-state index contributed by atoms with van der Waals surface area (Å²) in [6, 6.07) is 5.83. The fraction of sp³-hybridized carbons (Fsp3) is 0.154. The molecule has 3 heteroatoms. The topological polar surface area (TPSA) is 53.1 Å². The van der Waals surface area contributed by atoms with Gasteiger partial charge in [-0.3, -0.25) is 4.79 Å². The molecule has 1 aromatic carbocycles. The number of aldehydes is 1. The van der Waals surface area contributed by atoms with E-state index in [2.05, 4.69) is 4.98 Å². The van der Waals surface area contributed by atoms with Crippen LogP contribution >= 0.6 is 0 Å². The Morgan fingerprint density at radius 2 is 2.19 bits per heavy atom. The Morgan fingerprint density at radius 1 is 1.31 bits per heavy atom. The first-order valence-electron chi connectivity index (χ1n) is 5.19. The molecule has 0 aliphatic rings. The molecule has 1 aromatic heterocycles. The fourth-order valence-corrected chi connectivity index (χ4v) is 1.76. The highest BCUT2D eigenvalue weighted by atomic mass is 16.2. The highest BCUT2D eigenvalue weighted by Crippen LogP contribution is 2.22. The highest BCUT2D eigenvalue weighted by Gasteiger charge is 2.05. The van der Waals surface area contributed by atoms with Crippen LogP contribution in [0.15, 0.2) is 30.5 Å². The lowest BCUT2D eigenvalue weighted by molar-refractivity contribution is 0.112. The van der Waals surface area contributed by atoms with Crippen molar-refractivity contribution in [1.82, 2.24) is 4.98 Å². The minimum Gasteiger partial charge on any atom is -0.396 e. The standard InChI is InChI=1S/C13H13NO2/c15-7-2-1-4-10-5-3-6-12-13(10)11(9-16)8-14-12/h1,3-6,8-9,14-15H,2,7H2. The first-order chi connectivity index (χ1) is 7.86. The number of fused-ring (bicyclic) bond motifs is 1. The molecule has 1 heterocycles. The Labute approximate surface area is 93.4 Å². The van der Waals surface area contributed by atoms with Crippen molar-refractivity contribution in [2.24, 2.45) is 0 Å². The van der Waals surface area contributed by atoms with Gasteiger partial charge in [0.15, 0.2) is 6.29 Å². The zero-order valence-electron chi connectivity index (χ0n) is 8.81. The second-order valence-corrected chi connectivity index (χ2v) is 3.55. The summed E-state index contributed by atoms with van der Waals surface area (Å²) in [7, 11) is 0. The Morgan fingerprint density at radius 3 is 2.94 bits per heavy atom. The van der Waals surface area contributed by atoms with E-state index in [-0.39, 0.29) is 6.61 Å². The number of aliphatic hydroxyl groups is 1. The van der Waals surface area contributed by atoms with Gasteiger partial charge < -0.3 is 10.1 Å². The summed E-state index contributed by atoms with van der Waals surface area (Å²) >= 11 is 0. The van der Waals surface area contributed by atoms with E-state index >= 15 is 0 Å². The highest BCUT2D eigenvalue weighted by molar-refractivity contribution is 6.01.